The Labute approximate surface area is 166 Å². The lowest BCUT2D eigenvalue weighted by molar-refractivity contribution is -0.139. The Balaban J connectivity index is 1.89. The van der Waals surface area contributed by atoms with Gasteiger partial charge < -0.3 is 14.9 Å². The first-order chi connectivity index (χ1) is 14.1. The molecule has 0 radical (unpaired) electrons. The van der Waals surface area contributed by atoms with Crippen molar-refractivity contribution in [3.63, 3.8) is 0 Å². The molecule has 3 rings (SSSR count). The van der Waals surface area contributed by atoms with Gasteiger partial charge in [0.15, 0.2) is 6.61 Å². The lowest BCUT2D eigenvalue weighted by Crippen LogP contribution is -2.10. The molecule has 0 aromatic heterocycles. The first-order valence-corrected chi connectivity index (χ1v) is 8.66. The van der Waals surface area contributed by atoms with E-state index in [1.807, 2.05) is 30.3 Å². The fraction of sp³-hybridized carbons (Fsp3) is 0.0476. The van der Waals surface area contributed by atoms with Crippen LogP contribution in [0.4, 0.5) is 11.4 Å². The molecule has 0 aliphatic rings. The SMILES string of the molecule is O=C(O)COc1ccccc1N/N=C(/N=N/c1ccccc1O)c1ccccc1. The number of nitrogens with zero attached hydrogens (tertiary/aromatic N) is 3. The molecule has 3 N–H and O–H groups in total. The molecule has 8 nitrogen and oxygen atoms in total. The molecule has 0 heterocycles. The number of hydrogen-bond acceptors (Lipinski definition) is 6. The van der Waals surface area contributed by atoms with Gasteiger partial charge in [-0.3, -0.25) is 5.43 Å². The van der Waals surface area contributed by atoms with Crippen LogP contribution in [0, 0.1) is 0 Å². The van der Waals surface area contributed by atoms with E-state index in [1.165, 1.54) is 6.07 Å². The molecule has 3 aromatic rings. The third kappa shape index (κ3) is 5.64. The number of rotatable bonds is 7. The topological polar surface area (TPSA) is 116 Å². The Bertz CT molecular complexity index is 1040. The minimum atomic E-state index is -1.08. The number of phenols is 1. The Morgan fingerprint density at radius 2 is 1.62 bits per heavy atom. The van der Waals surface area contributed by atoms with E-state index in [0.717, 1.165) is 0 Å². The summed E-state index contributed by atoms with van der Waals surface area (Å²) in [6.07, 6.45) is 0. The maximum absolute atomic E-state index is 10.8. The van der Waals surface area contributed by atoms with Crippen molar-refractivity contribution >= 4 is 23.2 Å². The molecular formula is C21H18N4O4. The van der Waals surface area contributed by atoms with E-state index in [1.54, 1.807) is 42.5 Å². The summed E-state index contributed by atoms with van der Waals surface area (Å²) in [4.78, 5) is 10.8. The van der Waals surface area contributed by atoms with E-state index in [9.17, 15) is 9.90 Å². The molecule has 3 aromatic carbocycles. The summed E-state index contributed by atoms with van der Waals surface area (Å²) in [5, 5.41) is 31.2. The normalized spacial score (nSPS) is 11.4. The van der Waals surface area contributed by atoms with Crippen LogP contribution < -0.4 is 10.2 Å². The highest BCUT2D eigenvalue weighted by molar-refractivity contribution is 5.99. The van der Waals surface area contributed by atoms with E-state index in [2.05, 4.69) is 20.8 Å². The van der Waals surface area contributed by atoms with Crippen LogP contribution in [0.15, 0.2) is 94.2 Å². The second kappa shape index (κ2) is 9.65. The van der Waals surface area contributed by atoms with Crippen LogP contribution in [0.3, 0.4) is 0 Å². The predicted octanol–water partition coefficient (Wildman–Crippen LogP) is 4.41. The second-order valence-corrected chi connectivity index (χ2v) is 5.78. The summed E-state index contributed by atoms with van der Waals surface area (Å²) < 4.78 is 5.26. The van der Waals surface area contributed by atoms with Gasteiger partial charge in [0.1, 0.15) is 17.2 Å². The zero-order chi connectivity index (χ0) is 20.5. The summed E-state index contributed by atoms with van der Waals surface area (Å²) in [6, 6.07) is 22.6. The van der Waals surface area contributed by atoms with Gasteiger partial charge in [0.25, 0.3) is 0 Å². The van der Waals surface area contributed by atoms with Gasteiger partial charge in [0, 0.05) is 5.56 Å². The van der Waals surface area contributed by atoms with Crippen LogP contribution in [-0.2, 0) is 4.79 Å². The first kappa shape index (κ1) is 19.6. The zero-order valence-corrected chi connectivity index (χ0v) is 15.3. The van der Waals surface area contributed by atoms with Crippen molar-refractivity contribution in [1.29, 1.82) is 0 Å². The van der Waals surface area contributed by atoms with E-state index in [-0.39, 0.29) is 11.6 Å². The number of aromatic hydroxyl groups is 1. The monoisotopic (exact) mass is 390 g/mol. The minimum Gasteiger partial charge on any atom is -0.506 e. The van der Waals surface area contributed by atoms with Crippen molar-refractivity contribution in [3.05, 3.63) is 84.4 Å². The minimum absolute atomic E-state index is 0.00374. The van der Waals surface area contributed by atoms with Crippen molar-refractivity contribution in [1.82, 2.24) is 0 Å². The van der Waals surface area contributed by atoms with Gasteiger partial charge in [-0.2, -0.15) is 5.10 Å². The van der Waals surface area contributed by atoms with Crippen LogP contribution in [0.2, 0.25) is 0 Å². The van der Waals surface area contributed by atoms with E-state index in [4.69, 9.17) is 9.84 Å². The van der Waals surface area contributed by atoms with Crippen molar-refractivity contribution in [2.24, 2.45) is 15.3 Å². The number of carbonyl (C=O) groups is 1. The van der Waals surface area contributed by atoms with E-state index >= 15 is 0 Å². The van der Waals surface area contributed by atoms with Crippen LogP contribution in [0.1, 0.15) is 5.56 Å². The average Bonchev–Trinajstić information content (AvgIpc) is 2.74. The first-order valence-electron chi connectivity index (χ1n) is 8.66. The highest BCUT2D eigenvalue weighted by atomic mass is 16.5. The zero-order valence-electron chi connectivity index (χ0n) is 15.3. The largest absolute Gasteiger partial charge is 0.506 e. The van der Waals surface area contributed by atoms with Crippen molar-refractivity contribution in [2.75, 3.05) is 12.0 Å². The van der Waals surface area contributed by atoms with Gasteiger partial charge in [-0.25, -0.2) is 4.79 Å². The number of hydrogen-bond donors (Lipinski definition) is 3. The van der Waals surface area contributed by atoms with Crippen molar-refractivity contribution in [2.45, 2.75) is 0 Å². The molecule has 0 amide bonds. The number of anilines is 1. The number of ether oxygens (including phenoxy) is 1. The van der Waals surface area contributed by atoms with E-state index in [0.29, 0.717) is 22.7 Å². The Kier molecular flexibility index (Phi) is 6.51. The van der Waals surface area contributed by atoms with E-state index < -0.39 is 12.6 Å². The molecule has 0 aliphatic heterocycles. The number of carboxylic acids is 1. The number of nitrogens with one attached hydrogen (secondary N) is 1. The number of azo groups is 1. The molecule has 0 bridgehead atoms. The van der Waals surface area contributed by atoms with Crippen molar-refractivity contribution < 1.29 is 19.7 Å². The van der Waals surface area contributed by atoms with Gasteiger partial charge in [-0.15, -0.1) is 10.2 Å². The maximum Gasteiger partial charge on any atom is 0.341 e. The second-order valence-electron chi connectivity index (χ2n) is 5.78. The summed E-state index contributed by atoms with van der Waals surface area (Å²) >= 11 is 0. The number of carboxylic acid groups (broad SMARTS) is 1. The molecule has 0 unspecified atom stereocenters. The Morgan fingerprint density at radius 1 is 0.931 bits per heavy atom. The molecule has 0 saturated heterocycles. The summed E-state index contributed by atoms with van der Waals surface area (Å²) in [6.45, 7) is -0.471. The summed E-state index contributed by atoms with van der Waals surface area (Å²) in [5.41, 5.74) is 4.32. The van der Waals surface area contributed by atoms with Crippen LogP contribution in [0.5, 0.6) is 11.5 Å². The highest BCUT2D eigenvalue weighted by Crippen LogP contribution is 2.26. The molecule has 8 heteroatoms. The number of phenolic OH excluding ortho intramolecular Hbond substituents is 1. The van der Waals surface area contributed by atoms with Crippen LogP contribution >= 0.6 is 0 Å². The van der Waals surface area contributed by atoms with Gasteiger partial charge >= 0.3 is 5.97 Å². The van der Waals surface area contributed by atoms with Gasteiger partial charge in [0.2, 0.25) is 5.84 Å². The predicted molar refractivity (Wildman–Crippen MR) is 109 cm³/mol. The number of benzene rings is 3. The third-order valence-electron chi connectivity index (χ3n) is 3.69. The number of hydrazone groups is 1. The Morgan fingerprint density at radius 3 is 2.38 bits per heavy atom. The number of aliphatic carboxylic acids is 1. The standard InChI is InChI=1S/C21H18N4O4/c26-18-12-6-4-10-16(18)22-24-21(15-8-2-1-3-9-15)25-23-17-11-5-7-13-19(17)29-14-20(27)28/h1-13,23,26H,14H2,(H,27,28)/b24-22+,25-21+. The van der Waals surface area contributed by atoms with Crippen molar-refractivity contribution in [3.8, 4) is 11.5 Å². The lowest BCUT2D eigenvalue weighted by atomic mass is 10.2. The quantitative estimate of drug-likeness (QED) is 0.239. The molecule has 146 valence electrons. The molecule has 0 fully saturated rings. The van der Waals surface area contributed by atoms with Gasteiger partial charge in [0.05, 0.1) is 5.69 Å². The van der Waals surface area contributed by atoms with Crippen LogP contribution in [0.25, 0.3) is 0 Å². The molecule has 0 aliphatic carbocycles. The Hall–Kier alpha value is -4.20. The van der Waals surface area contributed by atoms with Gasteiger partial charge in [-0.1, -0.05) is 54.6 Å². The summed E-state index contributed by atoms with van der Waals surface area (Å²) in [7, 11) is 0. The third-order valence-corrected chi connectivity index (χ3v) is 3.69. The van der Waals surface area contributed by atoms with Crippen LogP contribution in [-0.4, -0.2) is 28.6 Å². The highest BCUT2D eigenvalue weighted by Gasteiger charge is 2.07. The fourth-order valence-corrected chi connectivity index (χ4v) is 2.32. The smallest absolute Gasteiger partial charge is 0.341 e. The number of para-hydroxylation sites is 3. The molecule has 0 saturated carbocycles. The molecule has 0 spiro atoms. The van der Waals surface area contributed by atoms with Gasteiger partial charge in [-0.05, 0) is 24.3 Å². The molecular weight excluding hydrogens is 372 g/mol. The number of amidine groups is 1. The maximum atomic E-state index is 10.8. The fourth-order valence-electron chi connectivity index (χ4n) is 2.32. The molecule has 0 atom stereocenters. The average molecular weight is 390 g/mol. The summed E-state index contributed by atoms with van der Waals surface area (Å²) in [5.74, 6) is -0.473. The lowest BCUT2D eigenvalue weighted by Gasteiger charge is -2.09. The molecule has 29 heavy (non-hydrogen) atoms.